The van der Waals surface area contributed by atoms with Crippen molar-refractivity contribution in [2.45, 2.75) is 0 Å². The number of nitrogens with zero attached hydrogens (tertiary/aromatic N) is 3. The van der Waals surface area contributed by atoms with E-state index in [1.165, 1.54) is 0 Å². The maximum Gasteiger partial charge on any atom is 0.227 e. The molecule has 0 aliphatic carbocycles. The second-order valence-electron chi connectivity index (χ2n) is 11.3. The third kappa shape index (κ3) is 4.35. The molecule has 0 N–H and O–H groups in total. The van der Waals surface area contributed by atoms with Gasteiger partial charge in [-0.2, -0.15) is 0 Å². The molecule has 45 heavy (non-hydrogen) atoms. The van der Waals surface area contributed by atoms with E-state index >= 15 is 0 Å². The SMILES string of the molecule is c1ccc(-c2nc(-c3ccccc3)c3cc(-c4ccc5c(ccc6ccc7nc(-c8ccccc8)oc7c65)c4)ccc3n2)cc1. The monoisotopic (exact) mass is 575 g/mol. The van der Waals surface area contributed by atoms with Crippen LogP contribution in [0.3, 0.4) is 0 Å². The summed E-state index contributed by atoms with van der Waals surface area (Å²) < 4.78 is 6.41. The first kappa shape index (κ1) is 25.4. The lowest BCUT2D eigenvalue weighted by molar-refractivity contribution is 0.623. The number of benzene rings is 7. The average molecular weight is 576 g/mol. The lowest BCUT2D eigenvalue weighted by Gasteiger charge is -2.12. The number of aromatic nitrogens is 3. The topological polar surface area (TPSA) is 51.8 Å². The van der Waals surface area contributed by atoms with Crippen LogP contribution in [-0.2, 0) is 0 Å². The third-order valence-electron chi connectivity index (χ3n) is 8.48. The largest absolute Gasteiger partial charge is 0.435 e. The number of hydrogen-bond acceptors (Lipinski definition) is 4. The Bertz CT molecular complexity index is 2520. The molecule has 0 unspecified atom stereocenters. The highest BCUT2D eigenvalue weighted by Gasteiger charge is 2.15. The standard InChI is InChI=1S/C41H25N3O/c1-4-10-27(11-5-1)38-34-25-31(20-22-35(34)42-40(44-38)28-12-6-2-7-13-28)30-18-21-33-32(24-30)17-16-26-19-23-36-39(37(26)33)45-41(43-36)29-14-8-3-9-15-29/h1-25H. The van der Waals surface area contributed by atoms with Gasteiger partial charge in [0, 0.05) is 27.5 Å². The number of oxazole rings is 1. The summed E-state index contributed by atoms with van der Waals surface area (Å²) in [5, 5.41) is 5.51. The van der Waals surface area contributed by atoms with Crippen molar-refractivity contribution >= 4 is 43.5 Å². The normalized spacial score (nSPS) is 11.6. The Hall–Kier alpha value is -6.13. The molecule has 7 aromatic carbocycles. The number of rotatable bonds is 4. The van der Waals surface area contributed by atoms with Crippen LogP contribution < -0.4 is 0 Å². The lowest BCUT2D eigenvalue weighted by Crippen LogP contribution is -1.95. The van der Waals surface area contributed by atoms with Crippen LogP contribution in [0.15, 0.2) is 156 Å². The van der Waals surface area contributed by atoms with Crippen molar-refractivity contribution in [3.05, 3.63) is 152 Å². The molecule has 0 aliphatic rings. The van der Waals surface area contributed by atoms with Gasteiger partial charge in [-0.25, -0.2) is 15.0 Å². The molecule has 0 spiro atoms. The molecule has 0 atom stereocenters. The highest BCUT2D eigenvalue weighted by Crippen LogP contribution is 2.37. The summed E-state index contributed by atoms with van der Waals surface area (Å²) >= 11 is 0. The summed E-state index contributed by atoms with van der Waals surface area (Å²) in [5.74, 6) is 1.36. The Kier molecular flexibility index (Phi) is 5.78. The van der Waals surface area contributed by atoms with Gasteiger partial charge >= 0.3 is 0 Å². The van der Waals surface area contributed by atoms with Crippen molar-refractivity contribution in [1.82, 2.24) is 15.0 Å². The molecular formula is C41H25N3O. The van der Waals surface area contributed by atoms with Gasteiger partial charge in [0.05, 0.1) is 11.2 Å². The van der Waals surface area contributed by atoms with Gasteiger partial charge in [0.25, 0.3) is 0 Å². The fraction of sp³-hybridized carbons (Fsp3) is 0. The van der Waals surface area contributed by atoms with Crippen LogP contribution in [0.2, 0.25) is 0 Å². The Balaban J connectivity index is 1.20. The minimum Gasteiger partial charge on any atom is -0.435 e. The van der Waals surface area contributed by atoms with Crippen molar-refractivity contribution in [3.8, 4) is 45.2 Å². The zero-order valence-corrected chi connectivity index (χ0v) is 24.2. The zero-order chi connectivity index (χ0) is 29.7. The van der Waals surface area contributed by atoms with Crippen LogP contribution >= 0.6 is 0 Å². The zero-order valence-electron chi connectivity index (χ0n) is 24.2. The highest BCUT2D eigenvalue weighted by atomic mass is 16.3. The molecule has 0 aliphatic heterocycles. The van der Waals surface area contributed by atoms with E-state index < -0.39 is 0 Å². The van der Waals surface area contributed by atoms with Gasteiger partial charge in [0.2, 0.25) is 5.89 Å². The van der Waals surface area contributed by atoms with Gasteiger partial charge in [0.15, 0.2) is 11.4 Å². The molecule has 0 fully saturated rings. The van der Waals surface area contributed by atoms with Crippen LogP contribution in [0.4, 0.5) is 0 Å². The van der Waals surface area contributed by atoms with Gasteiger partial charge in [-0.15, -0.1) is 0 Å². The van der Waals surface area contributed by atoms with Gasteiger partial charge in [-0.3, -0.25) is 0 Å². The predicted molar refractivity (Wildman–Crippen MR) is 184 cm³/mol. The predicted octanol–water partition coefficient (Wildman–Crippen LogP) is 10.7. The first-order chi connectivity index (χ1) is 22.3. The molecule has 0 amide bonds. The summed E-state index contributed by atoms with van der Waals surface area (Å²) in [6, 6.07) is 52.2. The van der Waals surface area contributed by atoms with Crippen molar-refractivity contribution in [1.29, 1.82) is 0 Å². The van der Waals surface area contributed by atoms with E-state index in [0.29, 0.717) is 5.89 Å². The summed E-state index contributed by atoms with van der Waals surface area (Å²) in [4.78, 5) is 14.9. The summed E-state index contributed by atoms with van der Waals surface area (Å²) in [7, 11) is 0. The van der Waals surface area contributed by atoms with E-state index in [0.717, 1.165) is 82.9 Å². The summed E-state index contributed by atoms with van der Waals surface area (Å²) in [5.41, 5.74) is 8.79. The van der Waals surface area contributed by atoms with E-state index in [4.69, 9.17) is 19.4 Å². The van der Waals surface area contributed by atoms with Crippen LogP contribution in [0, 0.1) is 0 Å². The van der Waals surface area contributed by atoms with E-state index in [1.807, 2.05) is 60.7 Å². The third-order valence-corrected chi connectivity index (χ3v) is 8.48. The maximum absolute atomic E-state index is 6.41. The van der Waals surface area contributed by atoms with Gasteiger partial charge < -0.3 is 4.42 Å². The quantitative estimate of drug-likeness (QED) is 0.196. The second kappa shape index (κ2) is 10.2. The maximum atomic E-state index is 6.41. The molecule has 4 nitrogen and oxygen atoms in total. The van der Waals surface area contributed by atoms with Crippen LogP contribution in [0.5, 0.6) is 0 Å². The van der Waals surface area contributed by atoms with Crippen LogP contribution in [0.1, 0.15) is 0 Å². The van der Waals surface area contributed by atoms with E-state index in [2.05, 4.69) is 91.0 Å². The fourth-order valence-electron chi connectivity index (χ4n) is 6.26. The molecule has 2 heterocycles. The number of hydrogen-bond donors (Lipinski definition) is 0. The Labute approximate surface area is 259 Å². The smallest absolute Gasteiger partial charge is 0.227 e. The fourth-order valence-corrected chi connectivity index (χ4v) is 6.26. The van der Waals surface area contributed by atoms with Crippen molar-refractivity contribution in [2.24, 2.45) is 0 Å². The molecule has 2 aromatic heterocycles. The second-order valence-corrected chi connectivity index (χ2v) is 11.3. The van der Waals surface area contributed by atoms with Crippen molar-refractivity contribution < 1.29 is 4.42 Å². The van der Waals surface area contributed by atoms with E-state index in [1.54, 1.807) is 0 Å². The van der Waals surface area contributed by atoms with E-state index in [-0.39, 0.29) is 0 Å². The molecular weight excluding hydrogens is 550 g/mol. The molecule has 9 rings (SSSR count). The Morgan fingerprint density at radius 2 is 1.02 bits per heavy atom. The molecule has 0 saturated heterocycles. The molecule has 0 radical (unpaired) electrons. The van der Waals surface area contributed by atoms with Gasteiger partial charge in [-0.05, 0) is 63.7 Å². The van der Waals surface area contributed by atoms with E-state index in [9.17, 15) is 0 Å². The average Bonchev–Trinajstić information content (AvgIpc) is 3.56. The molecule has 4 heteroatoms. The van der Waals surface area contributed by atoms with Gasteiger partial charge in [-0.1, -0.05) is 115 Å². The van der Waals surface area contributed by atoms with Crippen LogP contribution in [-0.4, -0.2) is 15.0 Å². The summed E-state index contributed by atoms with van der Waals surface area (Å²) in [6.07, 6.45) is 0. The molecule has 0 bridgehead atoms. The van der Waals surface area contributed by atoms with Crippen molar-refractivity contribution in [3.63, 3.8) is 0 Å². The Morgan fingerprint density at radius 3 is 1.80 bits per heavy atom. The number of fused-ring (bicyclic) bond motifs is 6. The van der Waals surface area contributed by atoms with Crippen molar-refractivity contribution in [2.75, 3.05) is 0 Å². The van der Waals surface area contributed by atoms with Crippen LogP contribution in [0.25, 0.3) is 88.8 Å². The Morgan fingerprint density at radius 1 is 0.400 bits per heavy atom. The van der Waals surface area contributed by atoms with Gasteiger partial charge in [0.1, 0.15) is 5.52 Å². The molecule has 210 valence electrons. The first-order valence-corrected chi connectivity index (χ1v) is 15.0. The molecule has 0 saturated carbocycles. The lowest BCUT2D eigenvalue weighted by atomic mass is 9.95. The minimum absolute atomic E-state index is 0.634. The molecule has 9 aromatic rings. The summed E-state index contributed by atoms with van der Waals surface area (Å²) in [6.45, 7) is 0. The highest BCUT2D eigenvalue weighted by molar-refractivity contribution is 6.18. The minimum atomic E-state index is 0.634. The first-order valence-electron chi connectivity index (χ1n) is 15.0.